The molecule has 0 saturated heterocycles. The molecule has 0 aromatic rings. The lowest BCUT2D eigenvalue weighted by Gasteiger charge is -2.62. The van der Waals surface area contributed by atoms with Crippen LogP contribution in [0.25, 0.3) is 0 Å². The first-order chi connectivity index (χ1) is 12.5. The number of aliphatic hydroxyl groups is 1. The fourth-order valence-electron chi connectivity index (χ4n) is 8.74. The van der Waals surface area contributed by atoms with E-state index in [9.17, 15) is 5.11 Å². The van der Waals surface area contributed by atoms with Crippen LogP contribution in [0, 0.1) is 39.4 Å². The topological polar surface area (TPSA) is 20.2 Å². The van der Waals surface area contributed by atoms with Crippen molar-refractivity contribution in [2.75, 3.05) is 5.33 Å². The van der Waals surface area contributed by atoms with Crippen LogP contribution in [-0.4, -0.2) is 16.5 Å². The molecule has 1 nitrogen and oxygen atoms in total. The van der Waals surface area contributed by atoms with Gasteiger partial charge in [0, 0.05) is 5.33 Å². The lowest BCUT2D eigenvalue weighted by Crippen LogP contribution is -2.55. The number of aliphatic hydroxyl groups excluding tert-OH is 1. The van der Waals surface area contributed by atoms with Crippen LogP contribution in [0.1, 0.15) is 92.9 Å². The highest BCUT2D eigenvalue weighted by Gasteiger charge is 2.63. The number of rotatable bonds is 2. The Morgan fingerprint density at radius 3 is 2.33 bits per heavy atom. The van der Waals surface area contributed by atoms with Gasteiger partial charge >= 0.3 is 0 Å². The van der Waals surface area contributed by atoms with Gasteiger partial charge in [0.05, 0.1) is 6.10 Å². The van der Waals surface area contributed by atoms with E-state index in [-0.39, 0.29) is 11.5 Å². The van der Waals surface area contributed by atoms with Gasteiger partial charge in [-0.1, -0.05) is 68.6 Å². The molecule has 0 aromatic heterocycles. The highest BCUT2D eigenvalue weighted by atomic mass is 79.9. The second-order valence-corrected chi connectivity index (χ2v) is 12.5. The molecule has 4 aliphatic rings. The average molecular weight is 438 g/mol. The van der Waals surface area contributed by atoms with Crippen molar-refractivity contribution in [2.24, 2.45) is 39.4 Å². The van der Waals surface area contributed by atoms with Gasteiger partial charge < -0.3 is 5.11 Å². The van der Waals surface area contributed by atoms with Crippen molar-refractivity contribution in [3.05, 3.63) is 11.1 Å². The van der Waals surface area contributed by atoms with Gasteiger partial charge in [0.15, 0.2) is 0 Å². The molecule has 0 radical (unpaired) electrons. The summed E-state index contributed by atoms with van der Waals surface area (Å²) in [5.41, 5.74) is 4.94. The Morgan fingerprint density at radius 2 is 1.67 bits per heavy atom. The largest absolute Gasteiger partial charge is 0.393 e. The first-order valence-electron chi connectivity index (χ1n) is 11.5. The van der Waals surface area contributed by atoms with Crippen LogP contribution in [0.15, 0.2) is 11.1 Å². The molecule has 0 heterocycles. The maximum Gasteiger partial charge on any atom is 0.0594 e. The van der Waals surface area contributed by atoms with E-state index in [2.05, 4.69) is 57.5 Å². The Bertz CT molecular complexity index is 651. The number of hydrogen-bond acceptors (Lipinski definition) is 1. The van der Waals surface area contributed by atoms with Gasteiger partial charge in [-0.3, -0.25) is 0 Å². The molecule has 1 N–H and O–H groups in total. The van der Waals surface area contributed by atoms with Crippen molar-refractivity contribution in [1.82, 2.24) is 0 Å². The number of halogens is 1. The Balaban J connectivity index is 1.77. The van der Waals surface area contributed by atoms with Crippen molar-refractivity contribution in [1.29, 1.82) is 0 Å². The lowest BCUT2D eigenvalue weighted by atomic mass is 9.43. The van der Waals surface area contributed by atoms with E-state index in [1.165, 1.54) is 44.9 Å². The van der Waals surface area contributed by atoms with Crippen LogP contribution in [0.3, 0.4) is 0 Å². The second-order valence-electron chi connectivity index (χ2n) is 11.9. The van der Waals surface area contributed by atoms with E-state index in [1.807, 2.05) is 11.1 Å². The van der Waals surface area contributed by atoms with Crippen LogP contribution in [-0.2, 0) is 0 Å². The summed E-state index contributed by atoms with van der Waals surface area (Å²) in [6, 6.07) is 0. The zero-order chi connectivity index (χ0) is 19.8. The number of alkyl halides is 1. The van der Waals surface area contributed by atoms with E-state index >= 15 is 0 Å². The van der Waals surface area contributed by atoms with E-state index < -0.39 is 0 Å². The summed E-state index contributed by atoms with van der Waals surface area (Å²) in [6.07, 6.45) is 10.1. The number of allylic oxidation sites excluding steroid dienone is 2. The van der Waals surface area contributed by atoms with Gasteiger partial charge in [-0.25, -0.2) is 0 Å². The standard InChI is InChI=1S/C25H41BrO/c1-16(15-26)17-9-13-25(6)19-7-8-20-22(2,3)21(27)11-12-23(20,4)18(19)10-14-24(17,25)5/h16-17,20-21,27H,7-15H2,1-6H3/t16?,17?,20?,21?,23-,24-,25+/m1/s1. The third-order valence-corrected chi connectivity index (χ3v) is 11.7. The first kappa shape index (κ1) is 20.5. The Labute approximate surface area is 175 Å². The molecular formula is C25H41BrO. The zero-order valence-corrected chi connectivity index (χ0v) is 20.1. The zero-order valence-electron chi connectivity index (χ0n) is 18.5. The Hall–Kier alpha value is 0.180. The molecule has 4 unspecified atom stereocenters. The van der Waals surface area contributed by atoms with Gasteiger partial charge in [-0.05, 0) is 90.8 Å². The van der Waals surface area contributed by atoms with E-state index in [0.29, 0.717) is 22.2 Å². The molecule has 2 fully saturated rings. The molecule has 0 aliphatic heterocycles. The molecule has 7 atom stereocenters. The van der Waals surface area contributed by atoms with Gasteiger partial charge in [-0.15, -0.1) is 0 Å². The summed E-state index contributed by atoms with van der Waals surface area (Å²) in [7, 11) is 0. The van der Waals surface area contributed by atoms with Crippen LogP contribution in [0.4, 0.5) is 0 Å². The number of fused-ring (bicyclic) bond motifs is 4. The minimum absolute atomic E-state index is 0.0515. The summed E-state index contributed by atoms with van der Waals surface area (Å²) in [5, 5.41) is 11.9. The Morgan fingerprint density at radius 1 is 0.963 bits per heavy atom. The summed E-state index contributed by atoms with van der Waals surface area (Å²) in [5.74, 6) is 2.26. The Kier molecular flexibility index (Phi) is 4.80. The van der Waals surface area contributed by atoms with Crippen LogP contribution in [0.2, 0.25) is 0 Å². The molecular weight excluding hydrogens is 396 g/mol. The van der Waals surface area contributed by atoms with Crippen LogP contribution in [0.5, 0.6) is 0 Å². The fourth-order valence-corrected chi connectivity index (χ4v) is 9.19. The second kappa shape index (κ2) is 6.34. The molecule has 4 rings (SSSR count). The highest BCUT2D eigenvalue weighted by molar-refractivity contribution is 9.09. The van der Waals surface area contributed by atoms with Crippen molar-refractivity contribution in [3.63, 3.8) is 0 Å². The van der Waals surface area contributed by atoms with Crippen molar-refractivity contribution in [2.45, 2.75) is 99.0 Å². The lowest BCUT2D eigenvalue weighted by molar-refractivity contribution is -0.0960. The minimum atomic E-state index is -0.127. The molecule has 4 aliphatic carbocycles. The fraction of sp³-hybridized carbons (Fsp3) is 0.920. The molecule has 0 bridgehead atoms. The quantitative estimate of drug-likeness (QED) is 0.360. The van der Waals surface area contributed by atoms with Crippen molar-refractivity contribution >= 4 is 15.9 Å². The van der Waals surface area contributed by atoms with Gasteiger partial charge in [0.25, 0.3) is 0 Å². The van der Waals surface area contributed by atoms with E-state index in [0.717, 1.165) is 23.6 Å². The predicted octanol–water partition coefficient (Wildman–Crippen LogP) is 7.13. The van der Waals surface area contributed by atoms with Gasteiger partial charge in [0.2, 0.25) is 0 Å². The molecule has 27 heavy (non-hydrogen) atoms. The van der Waals surface area contributed by atoms with Crippen molar-refractivity contribution < 1.29 is 5.11 Å². The third kappa shape index (κ3) is 2.50. The molecule has 154 valence electrons. The molecule has 0 aromatic carbocycles. The van der Waals surface area contributed by atoms with Gasteiger partial charge in [-0.2, -0.15) is 0 Å². The number of hydrogen-bond donors (Lipinski definition) is 1. The van der Waals surface area contributed by atoms with Crippen LogP contribution < -0.4 is 0 Å². The third-order valence-electron chi connectivity index (χ3n) is 10.7. The SMILES string of the molecule is CC(CBr)C1CC[C@@]2(C)C3=C(CC[C@]12C)[C@@]1(C)CCC(O)C(C)(C)C1CC3. The molecule has 2 saturated carbocycles. The summed E-state index contributed by atoms with van der Waals surface area (Å²) >= 11 is 3.79. The van der Waals surface area contributed by atoms with E-state index in [4.69, 9.17) is 0 Å². The smallest absolute Gasteiger partial charge is 0.0594 e. The van der Waals surface area contributed by atoms with Crippen molar-refractivity contribution in [3.8, 4) is 0 Å². The average Bonchev–Trinajstić information content (AvgIpc) is 2.90. The highest BCUT2D eigenvalue weighted by Crippen LogP contribution is 2.72. The summed E-state index contributed by atoms with van der Waals surface area (Å²) in [4.78, 5) is 0. The normalized spacial score (nSPS) is 50.0. The molecule has 2 heteroatoms. The maximum absolute atomic E-state index is 10.7. The first-order valence-corrected chi connectivity index (χ1v) is 12.6. The minimum Gasteiger partial charge on any atom is -0.393 e. The summed E-state index contributed by atoms with van der Waals surface area (Å²) < 4.78 is 0. The monoisotopic (exact) mass is 436 g/mol. The summed E-state index contributed by atoms with van der Waals surface area (Å²) in [6.45, 7) is 15.0. The van der Waals surface area contributed by atoms with Gasteiger partial charge in [0.1, 0.15) is 0 Å². The van der Waals surface area contributed by atoms with E-state index in [1.54, 1.807) is 0 Å². The predicted molar refractivity (Wildman–Crippen MR) is 118 cm³/mol. The molecule has 0 amide bonds. The van der Waals surface area contributed by atoms with Crippen LogP contribution >= 0.6 is 15.9 Å². The molecule has 0 spiro atoms. The maximum atomic E-state index is 10.7.